The number of likely N-dealkylation sites (tertiary alicyclic amines) is 1. The molecule has 1 N–H and O–H groups in total. The zero-order chi connectivity index (χ0) is 18.6. The van der Waals surface area contributed by atoms with Crippen molar-refractivity contribution in [3.63, 3.8) is 0 Å². The third-order valence-electron chi connectivity index (χ3n) is 4.84. The number of aromatic nitrogens is 3. The molecule has 140 valence electrons. The van der Waals surface area contributed by atoms with Gasteiger partial charge in [0.25, 0.3) is 5.91 Å². The van der Waals surface area contributed by atoms with E-state index in [-0.39, 0.29) is 5.91 Å². The Kier molecular flexibility index (Phi) is 5.31. The highest BCUT2D eigenvalue weighted by Crippen LogP contribution is 2.36. The summed E-state index contributed by atoms with van der Waals surface area (Å²) in [6.07, 6.45) is 8.06. The number of aryl methyl sites for hydroxylation is 1. The summed E-state index contributed by atoms with van der Waals surface area (Å²) in [5.41, 5.74) is 2.09. The second-order valence-electron chi connectivity index (χ2n) is 6.86. The van der Waals surface area contributed by atoms with Crippen LogP contribution in [0.3, 0.4) is 0 Å². The second-order valence-corrected chi connectivity index (χ2v) is 7.97. The van der Waals surface area contributed by atoms with E-state index >= 15 is 0 Å². The third kappa shape index (κ3) is 4.26. The van der Waals surface area contributed by atoms with Crippen molar-refractivity contribution >= 4 is 17.2 Å². The lowest BCUT2D eigenvalue weighted by molar-refractivity contribution is 0.0954. The van der Waals surface area contributed by atoms with Crippen LogP contribution in [0, 0.1) is 0 Å². The van der Waals surface area contributed by atoms with Gasteiger partial charge in [-0.25, -0.2) is 0 Å². The van der Waals surface area contributed by atoms with Crippen LogP contribution in [0.4, 0.5) is 0 Å². The average Bonchev–Trinajstić information content (AvgIpc) is 3.42. The summed E-state index contributed by atoms with van der Waals surface area (Å²) in [6, 6.07) is 10.1. The number of hydrogen-bond acceptors (Lipinski definition) is 5. The first-order valence-corrected chi connectivity index (χ1v) is 10.00. The van der Waals surface area contributed by atoms with Gasteiger partial charge in [-0.2, -0.15) is 5.10 Å². The molecular weight excluding hydrogens is 358 g/mol. The Balaban J connectivity index is 1.39. The molecule has 27 heavy (non-hydrogen) atoms. The van der Waals surface area contributed by atoms with Crippen LogP contribution in [0.5, 0.6) is 0 Å². The van der Waals surface area contributed by atoms with Crippen molar-refractivity contribution < 1.29 is 4.79 Å². The minimum atomic E-state index is -0.0336. The van der Waals surface area contributed by atoms with Gasteiger partial charge in [-0.3, -0.25) is 19.4 Å². The fourth-order valence-corrected chi connectivity index (χ4v) is 4.63. The monoisotopic (exact) mass is 381 g/mol. The van der Waals surface area contributed by atoms with Crippen LogP contribution >= 0.6 is 11.3 Å². The van der Waals surface area contributed by atoms with Gasteiger partial charge in [0.15, 0.2) is 0 Å². The molecule has 4 rings (SSSR count). The quantitative estimate of drug-likeness (QED) is 0.712. The van der Waals surface area contributed by atoms with Crippen LogP contribution in [0.2, 0.25) is 0 Å². The zero-order valence-electron chi connectivity index (χ0n) is 15.3. The van der Waals surface area contributed by atoms with Crippen molar-refractivity contribution in [1.29, 1.82) is 0 Å². The Labute approximate surface area is 162 Å². The van der Waals surface area contributed by atoms with Crippen LogP contribution < -0.4 is 5.32 Å². The predicted molar refractivity (Wildman–Crippen MR) is 105 cm³/mol. The van der Waals surface area contributed by atoms with Gasteiger partial charge < -0.3 is 5.32 Å². The Morgan fingerprint density at radius 2 is 2.26 bits per heavy atom. The first-order valence-electron chi connectivity index (χ1n) is 9.18. The molecule has 4 heterocycles. The fraction of sp³-hybridized carbons (Fsp3) is 0.350. The maximum atomic E-state index is 12.5. The number of amides is 1. The maximum Gasteiger partial charge on any atom is 0.261 e. The molecule has 0 spiro atoms. The summed E-state index contributed by atoms with van der Waals surface area (Å²) >= 11 is 1.60. The molecule has 0 aromatic carbocycles. The normalized spacial score (nSPS) is 17.3. The molecule has 0 bridgehead atoms. The minimum Gasteiger partial charge on any atom is -0.346 e. The second kappa shape index (κ2) is 8.02. The molecule has 1 saturated heterocycles. The average molecular weight is 382 g/mol. The Morgan fingerprint density at radius 1 is 1.33 bits per heavy atom. The maximum absolute atomic E-state index is 12.5. The molecule has 3 aromatic rings. The Morgan fingerprint density at radius 3 is 3.04 bits per heavy atom. The van der Waals surface area contributed by atoms with Crippen LogP contribution in [0.15, 0.2) is 48.9 Å². The molecule has 1 aliphatic heterocycles. The minimum absolute atomic E-state index is 0.0336. The SMILES string of the molecule is Cn1cc(CN2CCC[C@H]2c2ccc(C(=O)NCc3ccccn3)s2)cn1. The van der Waals surface area contributed by atoms with Crippen LogP contribution in [0.1, 0.15) is 44.7 Å². The van der Waals surface area contributed by atoms with E-state index in [9.17, 15) is 4.79 Å². The molecular formula is C20H23N5OS. The number of carbonyl (C=O) groups is 1. The summed E-state index contributed by atoms with van der Waals surface area (Å²) in [6.45, 7) is 2.43. The summed E-state index contributed by atoms with van der Waals surface area (Å²) < 4.78 is 1.84. The highest BCUT2D eigenvalue weighted by Gasteiger charge is 2.28. The van der Waals surface area contributed by atoms with Gasteiger partial charge in [0.1, 0.15) is 0 Å². The number of carbonyl (C=O) groups excluding carboxylic acids is 1. The lowest BCUT2D eigenvalue weighted by Gasteiger charge is -2.22. The number of thiophene rings is 1. The van der Waals surface area contributed by atoms with Crippen molar-refractivity contribution in [2.45, 2.75) is 32.0 Å². The van der Waals surface area contributed by atoms with Gasteiger partial charge >= 0.3 is 0 Å². The molecule has 0 aliphatic carbocycles. The fourth-order valence-electron chi connectivity index (χ4n) is 3.54. The van der Waals surface area contributed by atoms with E-state index < -0.39 is 0 Å². The first-order chi connectivity index (χ1) is 13.2. The largest absolute Gasteiger partial charge is 0.346 e. The van der Waals surface area contributed by atoms with Crippen molar-refractivity contribution in [3.8, 4) is 0 Å². The number of nitrogens with zero attached hydrogens (tertiary/aromatic N) is 4. The van der Waals surface area contributed by atoms with Crippen molar-refractivity contribution in [1.82, 2.24) is 25.0 Å². The summed E-state index contributed by atoms with van der Waals surface area (Å²) in [5.74, 6) is -0.0336. The van der Waals surface area contributed by atoms with E-state index in [1.54, 1.807) is 17.5 Å². The molecule has 1 fully saturated rings. The van der Waals surface area contributed by atoms with Gasteiger partial charge in [-0.05, 0) is 43.7 Å². The molecule has 0 saturated carbocycles. The lowest BCUT2D eigenvalue weighted by atomic mass is 10.2. The molecule has 3 aromatic heterocycles. The molecule has 1 amide bonds. The van der Waals surface area contributed by atoms with E-state index in [1.165, 1.54) is 16.9 Å². The van der Waals surface area contributed by atoms with Gasteiger partial charge in [0, 0.05) is 42.5 Å². The van der Waals surface area contributed by atoms with Crippen LogP contribution in [-0.4, -0.2) is 32.1 Å². The number of hydrogen-bond donors (Lipinski definition) is 1. The van der Waals surface area contributed by atoms with E-state index in [0.717, 1.165) is 30.1 Å². The van der Waals surface area contributed by atoms with Gasteiger partial charge in [-0.15, -0.1) is 11.3 Å². The summed E-state index contributed by atoms with van der Waals surface area (Å²) in [4.78, 5) is 21.2. The molecule has 1 aliphatic rings. The third-order valence-corrected chi connectivity index (χ3v) is 6.03. The molecule has 0 radical (unpaired) electrons. The molecule has 6 nitrogen and oxygen atoms in total. The number of pyridine rings is 1. The zero-order valence-corrected chi connectivity index (χ0v) is 16.2. The van der Waals surface area contributed by atoms with Gasteiger partial charge in [0.2, 0.25) is 0 Å². The summed E-state index contributed by atoms with van der Waals surface area (Å²) in [5, 5.41) is 7.22. The van der Waals surface area contributed by atoms with E-state index in [1.807, 2.05) is 42.2 Å². The van der Waals surface area contributed by atoms with Gasteiger partial charge in [0.05, 0.1) is 23.3 Å². The molecule has 0 unspecified atom stereocenters. The Hall–Kier alpha value is -2.51. The lowest BCUT2D eigenvalue weighted by Crippen LogP contribution is -2.22. The number of rotatable bonds is 6. The topological polar surface area (TPSA) is 63.1 Å². The first kappa shape index (κ1) is 17.9. The van der Waals surface area contributed by atoms with E-state index in [4.69, 9.17) is 0 Å². The standard InChI is InChI=1S/C20H23N5OS/c1-24-13-15(11-23-24)14-25-10-4-6-17(25)18-7-8-19(27-18)20(26)22-12-16-5-2-3-9-21-16/h2-3,5,7-9,11,13,17H,4,6,10,12,14H2,1H3,(H,22,26)/t17-/m0/s1. The van der Waals surface area contributed by atoms with Crippen molar-refractivity contribution in [2.75, 3.05) is 6.54 Å². The smallest absolute Gasteiger partial charge is 0.261 e. The van der Waals surface area contributed by atoms with Crippen LogP contribution in [0.25, 0.3) is 0 Å². The highest BCUT2D eigenvalue weighted by atomic mass is 32.1. The van der Waals surface area contributed by atoms with Crippen molar-refractivity contribution in [3.05, 3.63) is 69.9 Å². The van der Waals surface area contributed by atoms with E-state index in [0.29, 0.717) is 12.6 Å². The predicted octanol–water partition coefficient (Wildman–Crippen LogP) is 3.14. The van der Waals surface area contributed by atoms with E-state index in [2.05, 4.69) is 32.6 Å². The summed E-state index contributed by atoms with van der Waals surface area (Å²) in [7, 11) is 1.94. The van der Waals surface area contributed by atoms with Gasteiger partial charge in [-0.1, -0.05) is 6.07 Å². The highest BCUT2D eigenvalue weighted by molar-refractivity contribution is 7.14. The number of nitrogens with one attached hydrogen (secondary N) is 1. The van der Waals surface area contributed by atoms with Crippen molar-refractivity contribution in [2.24, 2.45) is 7.05 Å². The molecule has 7 heteroatoms. The molecule has 1 atom stereocenters. The van der Waals surface area contributed by atoms with Crippen LogP contribution in [-0.2, 0) is 20.1 Å². The Bertz CT molecular complexity index is 904.